The number of nitrogens with two attached hydrogens (primary N) is 1. The molecule has 0 amide bonds. The monoisotopic (exact) mass is 372 g/mol. The van der Waals surface area contributed by atoms with Gasteiger partial charge in [-0.25, -0.2) is 0 Å². The molecule has 23 heavy (non-hydrogen) atoms. The van der Waals surface area contributed by atoms with Crippen LogP contribution in [0.3, 0.4) is 0 Å². The first kappa shape index (κ1) is 49.9. The second kappa shape index (κ2) is 44.1. The molecular weight excluding hydrogens is 352 g/mol. The molecule has 0 aliphatic carbocycles. The van der Waals surface area contributed by atoms with Crippen molar-refractivity contribution in [3.63, 3.8) is 0 Å². The zero-order chi connectivity index (χ0) is 16.4. The van der Waals surface area contributed by atoms with E-state index in [0.29, 0.717) is 6.54 Å². The molecule has 13 heteroatoms. The van der Waals surface area contributed by atoms with Crippen molar-refractivity contribution in [1.29, 1.82) is 0 Å². The van der Waals surface area contributed by atoms with Crippen LogP contribution in [0.15, 0.2) is 0 Å². The fourth-order valence-corrected chi connectivity index (χ4v) is 0.298. The Labute approximate surface area is 225 Å². The Balaban J connectivity index is -0.0000000212. The predicted molar refractivity (Wildman–Crippen MR) is 61.7 cm³/mol. The van der Waals surface area contributed by atoms with Crippen molar-refractivity contribution in [3.05, 3.63) is 5.21 Å². The van der Waals surface area contributed by atoms with Gasteiger partial charge in [0.25, 0.3) is 0 Å². The Bertz CT molecular complexity index is 199. The van der Waals surface area contributed by atoms with Gasteiger partial charge in [-0.3, -0.25) is 0 Å². The average Bonchev–Trinajstić information content (AvgIpc) is 2.17. The van der Waals surface area contributed by atoms with Crippen LogP contribution < -0.4 is 145 Å². The van der Waals surface area contributed by atoms with Gasteiger partial charge in [0.2, 0.25) is 0 Å². The van der Waals surface area contributed by atoms with Gasteiger partial charge in [0.1, 0.15) is 0 Å². The van der Waals surface area contributed by atoms with Crippen LogP contribution in [0.1, 0.15) is 34.1 Å². The van der Waals surface area contributed by atoms with E-state index in [4.69, 9.17) is 35.4 Å². The maximum Gasteiger partial charge on any atom is 1.00 e. The van der Waals surface area contributed by atoms with Crippen LogP contribution in [-0.2, 0) is 14.4 Å². The molecule has 9 nitrogen and oxygen atoms in total. The summed E-state index contributed by atoms with van der Waals surface area (Å²) >= 11 is 0. The number of carboxylic acid groups (broad SMARTS) is 3. The minimum Gasteiger partial charge on any atom is -0.788 e. The van der Waals surface area contributed by atoms with Gasteiger partial charge >= 0.3 is 118 Å². The largest absolute Gasteiger partial charge is 1.00 e. The Morgan fingerprint density at radius 1 is 0.870 bits per heavy atom. The molecule has 0 aromatic carbocycles. The summed E-state index contributed by atoms with van der Waals surface area (Å²) in [5, 5.41) is 36.4. The van der Waals surface area contributed by atoms with Gasteiger partial charge in [-0.05, 0) is 27.2 Å². The van der Waals surface area contributed by atoms with Gasteiger partial charge < -0.3 is 46.1 Å². The molecule has 1 atom stereocenters. The van der Waals surface area contributed by atoms with Crippen LogP contribution in [0.4, 0.5) is 0 Å². The van der Waals surface area contributed by atoms with Crippen LogP contribution in [0.5, 0.6) is 0 Å². The first-order valence-electron chi connectivity index (χ1n) is 5.15. The van der Waals surface area contributed by atoms with Crippen molar-refractivity contribution in [2.24, 2.45) is 5.73 Å². The van der Waals surface area contributed by atoms with Gasteiger partial charge in [-0.15, -0.1) is 0 Å². The molecule has 1 unspecified atom stereocenters. The minimum absolute atomic E-state index is 0. The second-order valence-electron chi connectivity index (χ2n) is 2.93. The number of carboxylic acids is 3. The van der Waals surface area contributed by atoms with Crippen molar-refractivity contribution in [2.45, 2.75) is 40.2 Å². The molecule has 0 aliphatic heterocycles. The molecule has 3 N–H and O–H groups in total. The molecule has 0 aromatic heterocycles. The van der Waals surface area contributed by atoms with E-state index in [1.807, 2.05) is 12.4 Å². The number of aliphatic carboxylic acids is 3. The summed E-state index contributed by atoms with van der Waals surface area (Å²) in [4.78, 5) is 26.7. The van der Waals surface area contributed by atoms with Crippen LogP contribution >= 0.6 is 0 Å². The molecule has 0 saturated carbocycles. The molecule has 0 aliphatic rings. The van der Waals surface area contributed by atoms with Crippen LogP contribution in [-0.4, -0.2) is 30.5 Å². The van der Waals surface area contributed by atoms with E-state index >= 15 is 0 Å². The van der Waals surface area contributed by atoms with E-state index < -0.39 is 17.9 Å². The predicted octanol–water partition coefficient (Wildman–Crippen LogP) is -15.9. The summed E-state index contributed by atoms with van der Waals surface area (Å²) in [6.45, 7) is 5.27. The minimum atomic E-state index is -1.08. The Kier molecular flexibility index (Phi) is 95.6. The van der Waals surface area contributed by atoms with Gasteiger partial charge in [0.05, 0.1) is 0 Å². The van der Waals surface area contributed by atoms with Crippen LogP contribution in [0, 0.1) is 5.21 Å². The number of carbonyl (C=O) groups excluding carboxylic acids is 3. The SMILES string of the molecule is CC(=O)[O-].CC(=O)[O-].CC(=O)[O-].CCC(CN)N[O-].[Na+].[Na+].[Na+].[Na+]. The first-order valence-corrected chi connectivity index (χ1v) is 5.15. The molecule has 0 heterocycles. The second-order valence-corrected chi connectivity index (χ2v) is 2.93. The summed E-state index contributed by atoms with van der Waals surface area (Å²) in [5.74, 6) is -3.25. The van der Waals surface area contributed by atoms with Crippen molar-refractivity contribution >= 4 is 17.9 Å². The maximum absolute atomic E-state index is 9.76. The third-order valence-corrected chi connectivity index (χ3v) is 0.944. The number of carbonyl (C=O) groups is 3. The molecule has 0 bridgehead atoms. The molecule has 0 spiro atoms. The third-order valence-electron chi connectivity index (χ3n) is 0.944. The number of hydrogen-bond acceptors (Lipinski definition) is 9. The molecule has 0 aromatic rings. The molecule has 116 valence electrons. The van der Waals surface area contributed by atoms with E-state index in [1.165, 1.54) is 0 Å². The fraction of sp³-hybridized carbons (Fsp3) is 0.700. The summed E-state index contributed by atoms with van der Waals surface area (Å²) in [5.41, 5.74) is 6.96. The third kappa shape index (κ3) is 176. The van der Waals surface area contributed by atoms with Crippen molar-refractivity contribution < 1.29 is 148 Å². The molecule has 0 saturated heterocycles. The van der Waals surface area contributed by atoms with Crippen LogP contribution in [0.25, 0.3) is 0 Å². The quantitative estimate of drug-likeness (QED) is 0.359. The van der Waals surface area contributed by atoms with Crippen molar-refractivity contribution in [2.75, 3.05) is 6.54 Å². The molecule has 0 radical (unpaired) electrons. The van der Waals surface area contributed by atoms with E-state index in [0.717, 1.165) is 27.2 Å². The summed E-state index contributed by atoms with van der Waals surface area (Å²) in [6, 6.07) is -0.0417. The number of nitrogens with one attached hydrogen (secondary N) is 1. The molecular formula is C10H20N2Na4O7. The maximum atomic E-state index is 9.76. The standard InChI is InChI=1S/C4H11N2O.3C2H4O2.4Na/c1-2-4(3-5)6-7;3*1-2(3)4;;;;/h4,6H,2-3,5H2,1H3;3*1H3,(H,3,4);;;;/q-1;;;;4*+1/p-3. The Morgan fingerprint density at radius 2 is 1.04 bits per heavy atom. The molecule has 0 rings (SSSR count). The fourth-order valence-electron chi connectivity index (χ4n) is 0.298. The number of hydroxylamine groups is 1. The van der Waals surface area contributed by atoms with E-state index in [-0.39, 0.29) is 124 Å². The number of rotatable bonds is 3. The van der Waals surface area contributed by atoms with Gasteiger partial charge in [0.15, 0.2) is 0 Å². The van der Waals surface area contributed by atoms with Crippen molar-refractivity contribution in [3.8, 4) is 0 Å². The first-order chi connectivity index (χ1) is 8.54. The molecule has 0 fully saturated rings. The van der Waals surface area contributed by atoms with E-state index in [1.54, 1.807) is 0 Å². The Hall–Kier alpha value is 2.29. The number of hydrogen-bond donors (Lipinski definition) is 2. The summed E-state index contributed by atoms with van der Waals surface area (Å²) < 4.78 is 0. The topological polar surface area (TPSA) is 182 Å². The van der Waals surface area contributed by atoms with Crippen molar-refractivity contribution in [1.82, 2.24) is 5.48 Å². The van der Waals surface area contributed by atoms with E-state index in [2.05, 4.69) is 0 Å². The summed E-state index contributed by atoms with van der Waals surface area (Å²) in [6.07, 6.45) is 0.806. The van der Waals surface area contributed by atoms with Crippen LogP contribution in [0.2, 0.25) is 0 Å². The Morgan fingerprint density at radius 3 is 1.04 bits per heavy atom. The average molecular weight is 372 g/mol. The van der Waals surface area contributed by atoms with Gasteiger partial charge in [-0.2, -0.15) is 0 Å². The summed E-state index contributed by atoms with van der Waals surface area (Å²) in [7, 11) is 0. The van der Waals surface area contributed by atoms with Gasteiger partial charge in [-0.1, -0.05) is 6.92 Å². The normalized spacial score (nSPS) is 7.57. The zero-order valence-electron chi connectivity index (χ0n) is 15.4. The zero-order valence-corrected chi connectivity index (χ0v) is 23.4. The van der Waals surface area contributed by atoms with E-state index in [9.17, 15) is 5.21 Å². The smallest absolute Gasteiger partial charge is 0.788 e. The van der Waals surface area contributed by atoms with Gasteiger partial charge in [0, 0.05) is 30.5 Å².